The molecular formula is C21H28N4O3. The van der Waals surface area contributed by atoms with Gasteiger partial charge in [-0.05, 0) is 31.7 Å². The van der Waals surface area contributed by atoms with Crippen LogP contribution in [0.5, 0.6) is 0 Å². The maximum Gasteiger partial charge on any atom is 0.229 e. The number of aliphatic hydroxyl groups is 1. The number of anilines is 1. The van der Waals surface area contributed by atoms with Gasteiger partial charge in [-0.2, -0.15) is 0 Å². The van der Waals surface area contributed by atoms with Crippen LogP contribution in [0.3, 0.4) is 0 Å². The standard InChI is InChI=1S/C21H28N4O3/c1-6-12(8-26)24-19-18-17(22-10-23-19)15-13-7-21(4,5)27-9-14(13)16(11(2)3)25-20(15)28-18/h10-12,26H,6-9H2,1-5H3,(H,22,23,24). The minimum atomic E-state index is -0.253. The number of ether oxygens (including phenoxy) is 1. The van der Waals surface area contributed by atoms with Gasteiger partial charge in [0.1, 0.15) is 11.8 Å². The Hall–Kier alpha value is -2.25. The van der Waals surface area contributed by atoms with Crippen LogP contribution in [0.25, 0.3) is 22.2 Å². The molecule has 0 radical (unpaired) electrons. The number of nitrogens with zero attached hydrogens (tertiary/aromatic N) is 3. The van der Waals surface area contributed by atoms with Crippen molar-refractivity contribution in [3.05, 3.63) is 23.1 Å². The largest absolute Gasteiger partial charge is 0.432 e. The van der Waals surface area contributed by atoms with Crippen molar-refractivity contribution >= 4 is 28.0 Å². The second kappa shape index (κ2) is 6.97. The van der Waals surface area contributed by atoms with Gasteiger partial charge >= 0.3 is 0 Å². The maximum atomic E-state index is 9.55. The average molecular weight is 384 g/mol. The minimum absolute atomic E-state index is 0.0267. The molecule has 1 aliphatic rings. The molecule has 7 heteroatoms. The quantitative estimate of drug-likeness (QED) is 0.688. The summed E-state index contributed by atoms with van der Waals surface area (Å²) in [5.41, 5.74) is 5.07. The van der Waals surface area contributed by atoms with Crippen LogP contribution in [0.15, 0.2) is 10.7 Å². The number of furan rings is 1. The van der Waals surface area contributed by atoms with Crippen LogP contribution >= 0.6 is 0 Å². The molecule has 4 heterocycles. The molecule has 3 aromatic rings. The molecule has 1 unspecified atom stereocenters. The Morgan fingerprint density at radius 1 is 1.25 bits per heavy atom. The highest BCUT2D eigenvalue weighted by atomic mass is 16.5. The highest BCUT2D eigenvalue weighted by Crippen LogP contribution is 2.40. The number of pyridine rings is 1. The van der Waals surface area contributed by atoms with E-state index in [0.717, 1.165) is 35.0 Å². The Balaban J connectivity index is 1.99. The molecule has 4 rings (SSSR count). The molecule has 0 aromatic carbocycles. The summed E-state index contributed by atoms with van der Waals surface area (Å²) in [6.45, 7) is 11.1. The summed E-state index contributed by atoms with van der Waals surface area (Å²) in [7, 11) is 0. The fourth-order valence-corrected chi connectivity index (χ4v) is 3.88. The SMILES string of the molecule is CCC(CO)Nc1ncnc2c1oc1nc(C(C)C)c3c(c12)CC(C)(C)OC3. The highest BCUT2D eigenvalue weighted by Gasteiger charge is 2.33. The Kier molecular flexibility index (Phi) is 4.75. The molecule has 0 spiro atoms. The smallest absolute Gasteiger partial charge is 0.229 e. The molecule has 28 heavy (non-hydrogen) atoms. The summed E-state index contributed by atoms with van der Waals surface area (Å²) in [4.78, 5) is 13.7. The number of aliphatic hydroxyl groups excluding tert-OH is 1. The van der Waals surface area contributed by atoms with E-state index in [1.165, 1.54) is 11.9 Å². The topological polar surface area (TPSA) is 93.3 Å². The molecular weight excluding hydrogens is 356 g/mol. The van der Waals surface area contributed by atoms with Crippen LogP contribution < -0.4 is 5.32 Å². The second-order valence-electron chi connectivity index (χ2n) is 8.45. The molecule has 0 fully saturated rings. The number of hydrogen-bond acceptors (Lipinski definition) is 7. The molecule has 0 aliphatic carbocycles. The van der Waals surface area contributed by atoms with Crippen LogP contribution in [0.2, 0.25) is 0 Å². The molecule has 7 nitrogen and oxygen atoms in total. The molecule has 1 aliphatic heterocycles. The van der Waals surface area contributed by atoms with Crippen molar-refractivity contribution in [2.75, 3.05) is 11.9 Å². The lowest BCUT2D eigenvalue weighted by Crippen LogP contribution is -2.33. The number of aromatic nitrogens is 3. The molecule has 0 amide bonds. The summed E-state index contributed by atoms with van der Waals surface area (Å²) in [6.07, 6.45) is 3.09. The van der Waals surface area contributed by atoms with Crippen molar-refractivity contribution < 1.29 is 14.3 Å². The zero-order chi connectivity index (χ0) is 20.1. The van der Waals surface area contributed by atoms with Gasteiger partial charge in [-0.1, -0.05) is 20.8 Å². The first kappa shape index (κ1) is 19.1. The van der Waals surface area contributed by atoms with Gasteiger partial charge in [0.05, 0.1) is 35.9 Å². The lowest BCUT2D eigenvalue weighted by molar-refractivity contribution is -0.0402. The lowest BCUT2D eigenvalue weighted by Gasteiger charge is -2.33. The average Bonchev–Trinajstić information content (AvgIpc) is 3.04. The summed E-state index contributed by atoms with van der Waals surface area (Å²) in [5.74, 6) is 0.855. The van der Waals surface area contributed by atoms with E-state index in [4.69, 9.17) is 14.1 Å². The van der Waals surface area contributed by atoms with Crippen LogP contribution in [-0.2, 0) is 17.8 Å². The Morgan fingerprint density at radius 3 is 2.71 bits per heavy atom. The van der Waals surface area contributed by atoms with Gasteiger partial charge in [0, 0.05) is 12.0 Å². The van der Waals surface area contributed by atoms with Gasteiger partial charge < -0.3 is 19.6 Å². The molecule has 1 atom stereocenters. The lowest BCUT2D eigenvalue weighted by atomic mass is 9.87. The first-order valence-electron chi connectivity index (χ1n) is 9.94. The predicted octanol–water partition coefficient (Wildman–Crippen LogP) is 3.93. The van der Waals surface area contributed by atoms with Crippen LogP contribution in [-0.4, -0.2) is 38.3 Å². The summed E-state index contributed by atoms with van der Waals surface area (Å²) in [6, 6.07) is -0.0910. The van der Waals surface area contributed by atoms with Crippen molar-refractivity contribution in [1.82, 2.24) is 15.0 Å². The monoisotopic (exact) mass is 384 g/mol. The van der Waals surface area contributed by atoms with Crippen molar-refractivity contribution in [1.29, 1.82) is 0 Å². The number of fused-ring (bicyclic) bond motifs is 5. The Morgan fingerprint density at radius 2 is 2.04 bits per heavy atom. The first-order chi connectivity index (χ1) is 13.3. The van der Waals surface area contributed by atoms with Crippen molar-refractivity contribution in [3.63, 3.8) is 0 Å². The molecule has 0 saturated carbocycles. The van der Waals surface area contributed by atoms with E-state index >= 15 is 0 Å². The third-order valence-corrected chi connectivity index (χ3v) is 5.46. The van der Waals surface area contributed by atoms with E-state index in [1.807, 2.05) is 6.92 Å². The third kappa shape index (κ3) is 3.12. The normalized spacial score (nSPS) is 17.2. The van der Waals surface area contributed by atoms with E-state index in [-0.39, 0.29) is 24.2 Å². The fourth-order valence-electron chi connectivity index (χ4n) is 3.88. The molecule has 0 bridgehead atoms. The number of rotatable bonds is 5. The Labute approximate surface area is 164 Å². The summed E-state index contributed by atoms with van der Waals surface area (Å²) < 4.78 is 12.3. The van der Waals surface area contributed by atoms with Crippen LogP contribution in [0.1, 0.15) is 63.8 Å². The van der Waals surface area contributed by atoms with Crippen LogP contribution in [0, 0.1) is 0 Å². The second-order valence-corrected chi connectivity index (χ2v) is 8.45. The molecule has 2 N–H and O–H groups in total. The van der Waals surface area contributed by atoms with Gasteiger partial charge in [-0.3, -0.25) is 0 Å². The van der Waals surface area contributed by atoms with Crippen molar-refractivity contribution in [2.24, 2.45) is 0 Å². The van der Waals surface area contributed by atoms with Crippen LogP contribution in [0.4, 0.5) is 5.82 Å². The van der Waals surface area contributed by atoms with E-state index in [0.29, 0.717) is 23.7 Å². The van der Waals surface area contributed by atoms with Crippen molar-refractivity contribution in [2.45, 2.75) is 71.6 Å². The summed E-state index contributed by atoms with van der Waals surface area (Å²) in [5, 5.41) is 13.8. The van der Waals surface area contributed by atoms with Gasteiger partial charge in [-0.25, -0.2) is 15.0 Å². The number of nitrogens with one attached hydrogen (secondary N) is 1. The third-order valence-electron chi connectivity index (χ3n) is 5.46. The number of hydrogen-bond donors (Lipinski definition) is 2. The van der Waals surface area contributed by atoms with E-state index in [1.54, 1.807) is 0 Å². The van der Waals surface area contributed by atoms with Gasteiger partial charge in [-0.15, -0.1) is 0 Å². The fraction of sp³-hybridized carbons (Fsp3) is 0.571. The molecule has 150 valence electrons. The van der Waals surface area contributed by atoms with Gasteiger partial charge in [0.15, 0.2) is 11.4 Å². The van der Waals surface area contributed by atoms with E-state index in [9.17, 15) is 5.11 Å². The maximum absolute atomic E-state index is 9.55. The van der Waals surface area contributed by atoms with Crippen molar-refractivity contribution in [3.8, 4) is 0 Å². The first-order valence-corrected chi connectivity index (χ1v) is 9.94. The Bertz CT molecular complexity index is 1020. The summed E-state index contributed by atoms with van der Waals surface area (Å²) >= 11 is 0. The molecule has 0 saturated heterocycles. The van der Waals surface area contributed by atoms with Gasteiger partial charge in [0.2, 0.25) is 5.71 Å². The van der Waals surface area contributed by atoms with E-state index < -0.39 is 0 Å². The van der Waals surface area contributed by atoms with Gasteiger partial charge in [0.25, 0.3) is 0 Å². The zero-order valence-corrected chi connectivity index (χ0v) is 17.2. The molecule has 3 aromatic heterocycles. The predicted molar refractivity (Wildman–Crippen MR) is 109 cm³/mol. The highest BCUT2D eigenvalue weighted by molar-refractivity contribution is 6.06. The van der Waals surface area contributed by atoms with E-state index in [2.05, 4.69) is 43.0 Å². The minimum Gasteiger partial charge on any atom is -0.432 e. The zero-order valence-electron chi connectivity index (χ0n) is 17.2.